The van der Waals surface area contributed by atoms with E-state index in [-0.39, 0.29) is 0 Å². The molecule has 226 valence electrons. The number of thiophene rings is 2. The van der Waals surface area contributed by atoms with E-state index in [1.165, 1.54) is 105 Å². The lowest BCUT2D eigenvalue weighted by Gasteiger charge is -2.13. The van der Waals surface area contributed by atoms with Gasteiger partial charge in [-0.05, 0) is 72.5 Å². The minimum Gasteiger partial charge on any atom is -0.340 e. The third-order valence-electron chi connectivity index (χ3n) is 8.53. The van der Waals surface area contributed by atoms with Crippen molar-refractivity contribution in [2.24, 2.45) is 0 Å². The van der Waals surface area contributed by atoms with Crippen LogP contribution in [0.2, 0.25) is 0 Å². The van der Waals surface area contributed by atoms with Gasteiger partial charge in [0.05, 0.1) is 21.1 Å². The topological polar surface area (TPSA) is 9.86 Å². The second kappa shape index (κ2) is 14.9. The fourth-order valence-electron chi connectivity index (χ4n) is 6.18. The van der Waals surface area contributed by atoms with E-state index in [4.69, 9.17) is 0 Å². The van der Waals surface area contributed by atoms with Gasteiger partial charge in [0.2, 0.25) is 0 Å². The first kappa shape index (κ1) is 30.4. The summed E-state index contributed by atoms with van der Waals surface area (Å²) in [5, 5.41) is 0. The number of rotatable bonds is 15. The molecule has 0 saturated carbocycles. The summed E-state index contributed by atoms with van der Waals surface area (Å²) in [6.45, 7) is 6.68. The Balaban J connectivity index is 1.28. The molecule has 0 aliphatic carbocycles. The Labute approximate surface area is 271 Å². The van der Waals surface area contributed by atoms with Crippen LogP contribution in [0.5, 0.6) is 0 Å². The summed E-state index contributed by atoms with van der Waals surface area (Å²) >= 11 is 3.84. The minimum atomic E-state index is 1.06. The van der Waals surface area contributed by atoms with Crippen LogP contribution in [-0.2, 0) is 13.1 Å². The van der Waals surface area contributed by atoms with Crippen molar-refractivity contribution in [1.82, 2.24) is 9.13 Å². The lowest BCUT2D eigenvalue weighted by Crippen LogP contribution is -2.02. The molecule has 0 radical (unpaired) electrons. The molecule has 0 atom stereocenters. The number of nitrogens with zero attached hydrogens (tertiary/aromatic N) is 2. The summed E-state index contributed by atoms with van der Waals surface area (Å²) in [6, 6.07) is 40.3. The smallest absolute Gasteiger partial charge is 0.0586 e. The number of hydrogen-bond donors (Lipinski definition) is 0. The first-order valence-corrected chi connectivity index (χ1v) is 18.1. The zero-order valence-electron chi connectivity index (χ0n) is 26.2. The van der Waals surface area contributed by atoms with Crippen LogP contribution in [0.4, 0.5) is 0 Å². The van der Waals surface area contributed by atoms with Crippen molar-refractivity contribution in [2.45, 2.75) is 78.3 Å². The predicted octanol–water partition coefficient (Wildman–Crippen LogP) is 12.9. The van der Waals surface area contributed by atoms with Crippen molar-refractivity contribution in [2.75, 3.05) is 0 Å². The van der Waals surface area contributed by atoms with Crippen LogP contribution in [0.25, 0.3) is 53.4 Å². The molecule has 6 aromatic rings. The van der Waals surface area contributed by atoms with Crippen LogP contribution >= 0.6 is 22.7 Å². The van der Waals surface area contributed by atoms with Crippen molar-refractivity contribution in [1.29, 1.82) is 0 Å². The quantitative estimate of drug-likeness (QED) is 0.102. The van der Waals surface area contributed by atoms with Crippen LogP contribution in [0, 0.1) is 0 Å². The fourth-order valence-corrected chi connectivity index (χ4v) is 8.35. The van der Waals surface area contributed by atoms with E-state index in [9.17, 15) is 0 Å². The van der Waals surface area contributed by atoms with Crippen molar-refractivity contribution >= 4 is 22.7 Å². The molecule has 0 aliphatic rings. The van der Waals surface area contributed by atoms with Gasteiger partial charge >= 0.3 is 0 Å². The minimum absolute atomic E-state index is 1.06. The first-order valence-electron chi connectivity index (χ1n) is 16.5. The van der Waals surface area contributed by atoms with Gasteiger partial charge in [0.25, 0.3) is 0 Å². The van der Waals surface area contributed by atoms with Crippen LogP contribution in [0.3, 0.4) is 0 Å². The molecule has 0 fully saturated rings. The first-order chi connectivity index (χ1) is 21.8. The van der Waals surface area contributed by atoms with E-state index < -0.39 is 0 Å². The Hall–Kier alpha value is -3.60. The number of benzene rings is 2. The van der Waals surface area contributed by atoms with Crippen LogP contribution in [-0.4, -0.2) is 9.13 Å². The molecule has 0 N–H and O–H groups in total. The lowest BCUT2D eigenvalue weighted by atomic mass is 10.1. The van der Waals surface area contributed by atoms with Gasteiger partial charge in [-0.1, -0.05) is 113 Å². The molecule has 0 unspecified atom stereocenters. The van der Waals surface area contributed by atoms with Crippen molar-refractivity contribution in [3.05, 3.63) is 109 Å². The summed E-state index contributed by atoms with van der Waals surface area (Å²) in [4.78, 5) is 5.39. The Morgan fingerprint density at radius 1 is 0.386 bits per heavy atom. The maximum atomic E-state index is 2.55. The molecule has 0 amide bonds. The van der Waals surface area contributed by atoms with Gasteiger partial charge in [-0.15, -0.1) is 22.7 Å². The highest BCUT2D eigenvalue weighted by Crippen LogP contribution is 2.42. The summed E-state index contributed by atoms with van der Waals surface area (Å²) in [5.74, 6) is 0. The highest BCUT2D eigenvalue weighted by molar-refractivity contribution is 7.25. The molecule has 4 heterocycles. The standard InChI is InChI=1S/C40H44N2S2/c1-3-5-7-15-29-41-33(31-17-11-9-12-18-31)21-23-35(41)37-25-27-39(43-37)40-28-26-38(44-40)36-24-22-34(32-19-13-10-14-20-32)42(36)30-16-8-6-4-2/h9-14,17-28H,3-8,15-16,29-30H2,1-2H3. The number of unbranched alkanes of at least 4 members (excludes halogenated alkanes) is 6. The van der Waals surface area contributed by atoms with E-state index >= 15 is 0 Å². The largest absolute Gasteiger partial charge is 0.340 e. The SMILES string of the molecule is CCCCCCn1c(-c2ccccc2)ccc1-c1ccc(-c2ccc(-c3ccc(-c4ccccc4)n3CCCCCC)s2)s1. The van der Waals surface area contributed by atoms with Gasteiger partial charge in [0.1, 0.15) is 0 Å². The fraction of sp³-hybridized carbons (Fsp3) is 0.300. The molecule has 4 heteroatoms. The highest BCUT2D eigenvalue weighted by atomic mass is 32.1. The summed E-state index contributed by atoms with van der Waals surface area (Å²) < 4.78 is 5.11. The molecule has 4 aromatic heterocycles. The van der Waals surface area contributed by atoms with Crippen molar-refractivity contribution in [3.63, 3.8) is 0 Å². The van der Waals surface area contributed by atoms with Crippen LogP contribution < -0.4 is 0 Å². The zero-order chi connectivity index (χ0) is 30.1. The lowest BCUT2D eigenvalue weighted by molar-refractivity contribution is 0.590. The summed E-state index contributed by atoms with van der Waals surface area (Å²) in [5.41, 5.74) is 7.89. The van der Waals surface area contributed by atoms with E-state index in [2.05, 4.69) is 132 Å². The second-order valence-electron chi connectivity index (χ2n) is 11.7. The monoisotopic (exact) mass is 616 g/mol. The zero-order valence-corrected chi connectivity index (χ0v) is 27.8. The van der Waals surface area contributed by atoms with Crippen LogP contribution in [0.15, 0.2) is 109 Å². The summed E-state index contributed by atoms with van der Waals surface area (Å²) in [6.07, 6.45) is 10.1. The third-order valence-corrected chi connectivity index (χ3v) is 10.9. The maximum absolute atomic E-state index is 2.55. The van der Waals surface area contributed by atoms with Gasteiger partial charge < -0.3 is 9.13 Å². The highest BCUT2D eigenvalue weighted by Gasteiger charge is 2.17. The molecular formula is C40H44N2S2. The Morgan fingerprint density at radius 3 is 1.18 bits per heavy atom. The molecular weight excluding hydrogens is 573 g/mol. The number of aromatic nitrogens is 2. The predicted molar refractivity (Wildman–Crippen MR) is 194 cm³/mol. The molecule has 0 aliphatic heterocycles. The average molecular weight is 617 g/mol. The summed E-state index contributed by atoms with van der Waals surface area (Å²) in [7, 11) is 0. The van der Waals surface area contributed by atoms with E-state index in [0.29, 0.717) is 0 Å². The molecule has 2 aromatic carbocycles. The van der Waals surface area contributed by atoms with E-state index in [0.717, 1.165) is 13.1 Å². The van der Waals surface area contributed by atoms with Crippen LogP contribution in [0.1, 0.15) is 65.2 Å². The van der Waals surface area contributed by atoms with Gasteiger partial charge in [0, 0.05) is 34.2 Å². The average Bonchev–Trinajstić information content (AvgIpc) is 3.88. The third kappa shape index (κ3) is 6.87. The normalized spacial score (nSPS) is 11.4. The second-order valence-corrected chi connectivity index (χ2v) is 13.9. The Morgan fingerprint density at radius 2 is 0.773 bits per heavy atom. The van der Waals surface area contributed by atoms with Gasteiger partial charge in [-0.2, -0.15) is 0 Å². The van der Waals surface area contributed by atoms with E-state index in [1.807, 2.05) is 22.7 Å². The molecule has 0 bridgehead atoms. The van der Waals surface area contributed by atoms with Gasteiger partial charge in [-0.3, -0.25) is 0 Å². The van der Waals surface area contributed by atoms with Crippen molar-refractivity contribution in [3.8, 4) is 53.4 Å². The molecule has 44 heavy (non-hydrogen) atoms. The van der Waals surface area contributed by atoms with Gasteiger partial charge in [0.15, 0.2) is 0 Å². The molecule has 0 saturated heterocycles. The Bertz CT molecular complexity index is 1600. The molecule has 2 nitrogen and oxygen atoms in total. The van der Waals surface area contributed by atoms with Crippen molar-refractivity contribution < 1.29 is 0 Å². The van der Waals surface area contributed by atoms with E-state index in [1.54, 1.807) is 0 Å². The Kier molecular flexibility index (Phi) is 10.3. The molecule has 0 spiro atoms. The number of hydrogen-bond acceptors (Lipinski definition) is 2. The maximum Gasteiger partial charge on any atom is 0.0586 e. The van der Waals surface area contributed by atoms with Gasteiger partial charge in [-0.25, -0.2) is 0 Å². The molecule has 6 rings (SSSR count).